The van der Waals surface area contributed by atoms with Crippen LogP contribution in [-0.4, -0.2) is 26.5 Å². The SMILES string of the molecule is CCCCNC(=O)C[n+]1ccc(N(C)C)cc1. The van der Waals surface area contributed by atoms with E-state index in [4.69, 9.17) is 0 Å². The predicted molar refractivity (Wildman–Crippen MR) is 68.9 cm³/mol. The van der Waals surface area contributed by atoms with Crippen LogP contribution in [0.2, 0.25) is 0 Å². The Kier molecular flexibility index (Phi) is 5.46. The van der Waals surface area contributed by atoms with Crippen molar-refractivity contribution < 1.29 is 9.36 Å². The number of aromatic nitrogens is 1. The van der Waals surface area contributed by atoms with Crippen molar-refractivity contribution in [2.45, 2.75) is 26.3 Å². The Balaban J connectivity index is 2.43. The summed E-state index contributed by atoms with van der Waals surface area (Å²) in [5, 5.41) is 2.90. The standard InChI is InChI=1S/C13H21N3O/c1-4-5-8-14-13(17)11-16-9-6-12(7-10-16)15(2)3/h6-7,9-10H,4-5,8,11H2,1-3H3/p+1. The Labute approximate surface area is 103 Å². The summed E-state index contributed by atoms with van der Waals surface area (Å²) in [6.45, 7) is 3.27. The van der Waals surface area contributed by atoms with E-state index >= 15 is 0 Å². The van der Waals surface area contributed by atoms with E-state index in [1.165, 1.54) is 0 Å². The highest BCUT2D eigenvalue weighted by Gasteiger charge is 2.08. The zero-order valence-corrected chi connectivity index (χ0v) is 10.9. The molecule has 1 aromatic heterocycles. The molecule has 0 bridgehead atoms. The maximum atomic E-state index is 11.6. The number of amides is 1. The smallest absolute Gasteiger partial charge is 0.285 e. The maximum absolute atomic E-state index is 11.6. The second-order valence-corrected chi connectivity index (χ2v) is 4.33. The molecule has 0 saturated carbocycles. The Hall–Kier alpha value is -1.58. The number of nitrogens with one attached hydrogen (secondary N) is 1. The molecule has 0 radical (unpaired) electrons. The summed E-state index contributed by atoms with van der Waals surface area (Å²) in [6.07, 6.45) is 5.99. The van der Waals surface area contributed by atoms with Crippen molar-refractivity contribution in [2.24, 2.45) is 0 Å². The summed E-state index contributed by atoms with van der Waals surface area (Å²) in [4.78, 5) is 13.6. The second-order valence-electron chi connectivity index (χ2n) is 4.33. The highest BCUT2D eigenvalue weighted by molar-refractivity contribution is 5.74. The lowest BCUT2D eigenvalue weighted by Crippen LogP contribution is -2.42. The van der Waals surface area contributed by atoms with E-state index in [9.17, 15) is 4.79 Å². The van der Waals surface area contributed by atoms with Gasteiger partial charge in [0.1, 0.15) is 0 Å². The Morgan fingerprint density at radius 3 is 2.53 bits per heavy atom. The van der Waals surface area contributed by atoms with Crippen molar-refractivity contribution in [3.05, 3.63) is 24.5 Å². The van der Waals surface area contributed by atoms with Gasteiger partial charge >= 0.3 is 0 Å². The number of nitrogens with zero attached hydrogens (tertiary/aromatic N) is 2. The number of carbonyl (C=O) groups excluding carboxylic acids is 1. The van der Waals surface area contributed by atoms with Gasteiger partial charge in [-0.3, -0.25) is 4.79 Å². The molecule has 0 aliphatic rings. The van der Waals surface area contributed by atoms with Crippen LogP contribution >= 0.6 is 0 Å². The van der Waals surface area contributed by atoms with Crippen molar-refractivity contribution in [2.75, 3.05) is 25.5 Å². The lowest BCUT2D eigenvalue weighted by molar-refractivity contribution is -0.684. The van der Waals surface area contributed by atoms with Crippen LogP contribution in [0.3, 0.4) is 0 Å². The largest absolute Gasteiger partial charge is 0.377 e. The summed E-state index contributed by atoms with van der Waals surface area (Å²) in [5.74, 6) is 0.0704. The molecule has 1 amide bonds. The van der Waals surface area contributed by atoms with Gasteiger partial charge in [0.15, 0.2) is 12.4 Å². The van der Waals surface area contributed by atoms with E-state index in [1.807, 2.05) is 48.1 Å². The molecule has 0 aromatic carbocycles. The molecule has 0 fully saturated rings. The number of rotatable bonds is 6. The molecule has 0 aliphatic heterocycles. The van der Waals surface area contributed by atoms with Gasteiger partial charge in [0.2, 0.25) is 6.54 Å². The van der Waals surface area contributed by atoms with Gasteiger partial charge in [0.25, 0.3) is 5.91 Å². The molecular formula is C13H22N3O+. The third-order valence-corrected chi connectivity index (χ3v) is 2.57. The van der Waals surface area contributed by atoms with Gasteiger partial charge in [0.05, 0.1) is 0 Å². The first-order valence-corrected chi connectivity index (χ1v) is 6.06. The quantitative estimate of drug-likeness (QED) is 0.590. The zero-order chi connectivity index (χ0) is 12.7. The first-order chi connectivity index (χ1) is 8.13. The Bertz CT molecular complexity index is 346. The second kappa shape index (κ2) is 6.89. The van der Waals surface area contributed by atoms with E-state index in [-0.39, 0.29) is 5.91 Å². The highest BCUT2D eigenvalue weighted by atomic mass is 16.1. The van der Waals surface area contributed by atoms with Gasteiger partial charge in [-0.2, -0.15) is 4.57 Å². The average Bonchev–Trinajstić information content (AvgIpc) is 2.30. The van der Waals surface area contributed by atoms with Crippen LogP contribution < -0.4 is 14.8 Å². The molecule has 1 N–H and O–H groups in total. The van der Waals surface area contributed by atoms with Crippen molar-refractivity contribution in [3.63, 3.8) is 0 Å². The van der Waals surface area contributed by atoms with Gasteiger partial charge in [-0.1, -0.05) is 13.3 Å². The van der Waals surface area contributed by atoms with Gasteiger partial charge in [-0.05, 0) is 6.42 Å². The number of unbranched alkanes of at least 4 members (excludes halogenated alkanes) is 1. The van der Waals surface area contributed by atoms with E-state index in [0.29, 0.717) is 6.54 Å². The van der Waals surface area contributed by atoms with Crippen molar-refractivity contribution in [3.8, 4) is 0 Å². The molecule has 4 nitrogen and oxygen atoms in total. The van der Waals surface area contributed by atoms with Crippen LogP contribution in [-0.2, 0) is 11.3 Å². The summed E-state index contributed by atoms with van der Waals surface area (Å²) >= 11 is 0. The molecule has 0 saturated heterocycles. The van der Waals surface area contributed by atoms with Gasteiger partial charge in [0, 0.05) is 38.5 Å². The molecule has 1 rings (SSSR count). The van der Waals surface area contributed by atoms with Crippen molar-refractivity contribution in [1.82, 2.24) is 5.32 Å². The minimum absolute atomic E-state index is 0.0704. The monoisotopic (exact) mass is 236 g/mol. The lowest BCUT2D eigenvalue weighted by atomic mass is 10.3. The fraction of sp³-hybridized carbons (Fsp3) is 0.538. The molecule has 0 atom stereocenters. The fourth-order valence-electron chi connectivity index (χ4n) is 1.48. The van der Waals surface area contributed by atoms with Crippen molar-refractivity contribution in [1.29, 1.82) is 0 Å². The molecule has 0 unspecified atom stereocenters. The lowest BCUT2D eigenvalue weighted by Gasteiger charge is -2.10. The number of hydrogen-bond donors (Lipinski definition) is 1. The number of pyridine rings is 1. The normalized spacial score (nSPS) is 10.1. The molecule has 17 heavy (non-hydrogen) atoms. The summed E-state index contributed by atoms with van der Waals surface area (Å²) in [5.41, 5.74) is 1.13. The first-order valence-electron chi connectivity index (χ1n) is 6.06. The number of anilines is 1. The Morgan fingerprint density at radius 1 is 1.35 bits per heavy atom. The van der Waals surface area contributed by atoms with E-state index in [0.717, 1.165) is 25.1 Å². The zero-order valence-electron chi connectivity index (χ0n) is 10.9. The average molecular weight is 236 g/mol. The van der Waals surface area contributed by atoms with E-state index in [1.54, 1.807) is 0 Å². The van der Waals surface area contributed by atoms with Crippen molar-refractivity contribution >= 4 is 11.6 Å². The van der Waals surface area contributed by atoms with Crippen LogP contribution in [0.15, 0.2) is 24.5 Å². The first kappa shape index (κ1) is 13.5. The van der Waals surface area contributed by atoms with Crippen LogP contribution in [0.1, 0.15) is 19.8 Å². The molecule has 0 spiro atoms. The molecular weight excluding hydrogens is 214 g/mol. The summed E-state index contributed by atoms with van der Waals surface area (Å²) in [7, 11) is 3.99. The molecule has 0 aliphatic carbocycles. The van der Waals surface area contributed by atoms with Crippen LogP contribution in [0.5, 0.6) is 0 Å². The summed E-state index contributed by atoms with van der Waals surface area (Å²) < 4.78 is 1.88. The van der Waals surface area contributed by atoms with E-state index < -0.39 is 0 Å². The van der Waals surface area contributed by atoms with Crippen LogP contribution in [0.25, 0.3) is 0 Å². The predicted octanol–water partition coefficient (Wildman–Crippen LogP) is 0.956. The minimum Gasteiger partial charge on any atom is -0.377 e. The van der Waals surface area contributed by atoms with Crippen LogP contribution in [0.4, 0.5) is 5.69 Å². The topological polar surface area (TPSA) is 36.2 Å². The third kappa shape index (κ3) is 4.85. The summed E-state index contributed by atoms with van der Waals surface area (Å²) in [6, 6.07) is 4.00. The van der Waals surface area contributed by atoms with Gasteiger partial charge in [-0.25, -0.2) is 0 Å². The fourth-order valence-corrected chi connectivity index (χ4v) is 1.48. The molecule has 1 heterocycles. The van der Waals surface area contributed by atoms with E-state index in [2.05, 4.69) is 12.2 Å². The Morgan fingerprint density at radius 2 is 2.00 bits per heavy atom. The number of hydrogen-bond acceptors (Lipinski definition) is 2. The highest BCUT2D eigenvalue weighted by Crippen LogP contribution is 2.05. The molecule has 94 valence electrons. The van der Waals surface area contributed by atoms with Gasteiger partial charge in [-0.15, -0.1) is 0 Å². The molecule has 4 heteroatoms. The minimum atomic E-state index is 0.0704. The molecule has 1 aromatic rings. The maximum Gasteiger partial charge on any atom is 0.285 e. The van der Waals surface area contributed by atoms with Crippen LogP contribution in [0, 0.1) is 0 Å². The third-order valence-electron chi connectivity index (χ3n) is 2.57. The van der Waals surface area contributed by atoms with Gasteiger partial charge < -0.3 is 10.2 Å². The number of carbonyl (C=O) groups is 1.